The number of methoxy groups -OCH3 is 1. The monoisotopic (exact) mass is 363 g/mol. The van der Waals surface area contributed by atoms with E-state index in [9.17, 15) is 5.26 Å². The highest BCUT2D eigenvalue weighted by atomic mass is 32.1. The van der Waals surface area contributed by atoms with Gasteiger partial charge in [-0.1, -0.05) is 12.1 Å². The largest absolute Gasteiger partial charge is 0.492 e. The molecule has 5 nitrogen and oxygen atoms in total. The van der Waals surface area contributed by atoms with E-state index in [2.05, 4.69) is 16.0 Å². The topological polar surface area (TPSA) is 68.0 Å². The number of nitriles is 1. The summed E-state index contributed by atoms with van der Waals surface area (Å²) in [6, 6.07) is 11.6. The van der Waals surface area contributed by atoms with E-state index >= 15 is 0 Å². The van der Waals surface area contributed by atoms with Crippen LogP contribution in [0.2, 0.25) is 0 Å². The Hall–Kier alpha value is -3.17. The number of benzene rings is 1. The summed E-state index contributed by atoms with van der Waals surface area (Å²) in [5.41, 5.74) is 3.04. The van der Waals surface area contributed by atoms with Gasteiger partial charge >= 0.3 is 0 Å². The Kier molecular flexibility index (Phi) is 5.62. The number of nitrogens with zero attached hydrogens (tertiary/aromatic N) is 3. The maximum absolute atomic E-state index is 9.62. The number of pyridine rings is 1. The molecule has 0 aliphatic carbocycles. The maximum atomic E-state index is 9.62. The van der Waals surface area contributed by atoms with Gasteiger partial charge in [0.2, 0.25) is 0 Å². The fraction of sp³-hybridized carbons (Fsp3) is 0.150. The SMILES string of the molecule is CCOc1cccc(C=C(C#N)c2nc(-c3ccncc3)cs2)c1OC. The Morgan fingerprint density at radius 1 is 1.27 bits per heavy atom. The van der Waals surface area contributed by atoms with Gasteiger partial charge in [-0.05, 0) is 31.2 Å². The van der Waals surface area contributed by atoms with Crippen molar-refractivity contribution in [2.45, 2.75) is 6.92 Å². The lowest BCUT2D eigenvalue weighted by Crippen LogP contribution is -1.97. The van der Waals surface area contributed by atoms with Crippen LogP contribution in [0, 0.1) is 11.3 Å². The zero-order chi connectivity index (χ0) is 18.4. The first-order chi connectivity index (χ1) is 12.8. The van der Waals surface area contributed by atoms with E-state index in [1.807, 2.05) is 42.6 Å². The quantitative estimate of drug-likeness (QED) is 0.595. The molecule has 0 aliphatic rings. The normalized spacial score (nSPS) is 11.0. The molecule has 0 spiro atoms. The molecule has 2 aromatic heterocycles. The van der Waals surface area contributed by atoms with Crippen LogP contribution in [0.15, 0.2) is 48.1 Å². The molecule has 0 unspecified atom stereocenters. The second kappa shape index (κ2) is 8.28. The molecule has 0 atom stereocenters. The molecular formula is C20H17N3O2S. The molecule has 0 saturated carbocycles. The summed E-state index contributed by atoms with van der Waals surface area (Å²) in [6.07, 6.45) is 5.22. The number of rotatable bonds is 6. The highest BCUT2D eigenvalue weighted by molar-refractivity contribution is 7.11. The number of hydrogen-bond donors (Lipinski definition) is 0. The molecule has 3 rings (SSSR count). The Morgan fingerprint density at radius 3 is 2.77 bits per heavy atom. The van der Waals surface area contributed by atoms with E-state index in [0.29, 0.717) is 28.7 Å². The van der Waals surface area contributed by atoms with E-state index in [-0.39, 0.29) is 0 Å². The predicted molar refractivity (Wildman–Crippen MR) is 103 cm³/mol. The summed E-state index contributed by atoms with van der Waals surface area (Å²) in [5.74, 6) is 1.26. The summed E-state index contributed by atoms with van der Waals surface area (Å²) in [7, 11) is 1.59. The van der Waals surface area contributed by atoms with Crippen LogP contribution in [0.3, 0.4) is 0 Å². The molecule has 26 heavy (non-hydrogen) atoms. The van der Waals surface area contributed by atoms with E-state index < -0.39 is 0 Å². The third-order valence-corrected chi connectivity index (χ3v) is 4.52. The van der Waals surface area contributed by atoms with Crippen molar-refractivity contribution in [1.82, 2.24) is 9.97 Å². The lowest BCUT2D eigenvalue weighted by atomic mass is 10.1. The van der Waals surface area contributed by atoms with Crippen LogP contribution in [0.25, 0.3) is 22.9 Å². The average molecular weight is 363 g/mol. The van der Waals surface area contributed by atoms with Crippen LogP contribution in [-0.2, 0) is 0 Å². The summed E-state index contributed by atoms with van der Waals surface area (Å²) < 4.78 is 11.1. The number of ether oxygens (including phenoxy) is 2. The first-order valence-electron chi connectivity index (χ1n) is 8.04. The highest BCUT2D eigenvalue weighted by Crippen LogP contribution is 2.34. The van der Waals surface area contributed by atoms with Gasteiger partial charge in [-0.25, -0.2) is 4.98 Å². The van der Waals surface area contributed by atoms with Gasteiger partial charge in [0.1, 0.15) is 11.1 Å². The molecule has 6 heteroatoms. The zero-order valence-electron chi connectivity index (χ0n) is 14.5. The Balaban J connectivity index is 1.99. The highest BCUT2D eigenvalue weighted by Gasteiger charge is 2.13. The van der Waals surface area contributed by atoms with Gasteiger partial charge in [-0.15, -0.1) is 11.3 Å². The molecule has 0 aliphatic heterocycles. The van der Waals surface area contributed by atoms with Crippen molar-refractivity contribution < 1.29 is 9.47 Å². The van der Waals surface area contributed by atoms with E-state index in [1.54, 1.807) is 25.6 Å². The van der Waals surface area contributed by atoms with Crippen LogP contribution in [0.5, 0.6) is 11.5 Å². The molecule has 0 saturated heterocycles. The molecule has 0 N–H and O–H groups in total. The first-order valence-corrected chi connectivity index (χ1v) is 8.92. The molecule has 130 valence electrons. The number of para-hydroxylation sites is 1. The summed E-state index contributed by atoms with van der Waals surface area (Å²) >= 11 is 1.43. The fourth-order valence-corrected chi connectivity index (χ4v) is 3.28. The van der Waals surface area contributed by atoms with Crippen molar-refractivity contribution in [2.24, 2.45) is 0 Å². The van der Waals surface area contributed by atoms with Crippen LogP contribution in [0.1, 0.15) is 17.5 Å². The van der Waals surface area contributed by atoms with Crippen LogP contribution >= 0.6 is 11.3 Å². The minimum atomic E-state index is 0.474. The van der Waals surface area contributed by atoms with Gasteiger partial charge < -0.3 is 9.47 Å². The molecule has 0 bridgehead atoms. The van der Waals surface area contributed by atoms with E-state index in [4.69, 9.17) is 9.47 Å². The van der Waals surface area contributed by atoms with Crippen molar-refractivity contribution in [1.29, 1.82) is 5.26 Å². The van der Waals surface area contributed by atoms with Crippen molar-refractivity contribution in [3.63, 3.8) is 0 Å². The summed E-state index contributed by atoms with van der Waals surface area (Å²) in [4.78, 5) is 8.60. The Bertz CT molecular complexity index is 959. The number of aromatic nitrogens is 2. The molecule has 1 aromatic carbocycles. The lowest BCUT2D eigenvalue weighted by Gasteiger charge is -2.11. The van der Waals surface area contributed by atoms with Crippen LogP contribution in [0.4, 0.5) is 0 Å². The van der Waals surface area contributed by atoms with E-state index in [0.717, 1.165) is 16.8 Å². The van der Waals surface area contributed by atoms with Gasteiger partial charge in [0.15, 0.2) is 11.5 Å². The van der Waals surface area contributed by atoms with Gasteiger partial charge in [0.05, 0.1) is 25.0 Å². The van der Waals surface area contributed by atoms with Crippen LogP contribution in [-0.4, -0.2) is 23.7 Å². The number of allylic oxidation sites excluding steroid dienone is 1. The molecular weight excluding hydrogens is 346 g/mol. The Morgan fingerprint density at radius 2 is 2.08 bits per heavy atom. The van der Waals surface area contributed by atoms with Gasteiger partial charge in [-0.2, -0.15) is 5.26 Å². The van der Waals surface area contributed by atoms with Crippen LogP contribution < -0.4 is 9.47 Å². The minimum absolute atomic E-state index is 0.474. The second-order valence-electron chi connectivity index (χ2n) is 5.26. The third kappa shape index (κ3) is 3.73. The van der Waals surface area contributed by atoms with Gasteiger partial charge in [0, 0.05) is 28.9 Å². The zero-order valence-corrected chi connectivity index (χ0v) is 15.3. The molecule has 0 amide bonds. The standard InChI is InChI=1S/C20H17N3O2S/c1-3-25-18-6-4-5-15(19(18)24-2)11-16(12-21)20-23-17(13-26-20)14-7-9-22-10-8-14/h4-11,13H,3H2,1-2H3. The van der Waals surface area contributed by atoms with Crippen molar-refractivity contribution >= 4 is 23.0 Å². The Labute approximate surface area is 156 Å². The molecule has 0 radical (unpaired) electrons. The summed E-state index contributed by atoms with van der Waals surface area (Å²) in [5, 5.41) is 12.2. The third-order valence-electron chi connectivity index (χ3n) is 3.64. The first kappa shape index (κ1) is 17.6. The maximum Gasteiger partial charge on any atom is 0.167 e. The average Bonchev–Trinajstić information content (AvgIpc) is 3.17. The molecule has 2 heterocycles. The second-order valence-corrected chi connectivity index (χ2v) is 6.11. The summed E-state index contributed by atoms with van der Waals surface area (Å²) in [6.45, 7) is 2.45. The number of hydrogen-bond acceptors (Lipinski definition) is 6. The molecule has 0 fully saturated rings. The van der Waals surface area contributed by atoms with E-state index in [1.165, 1.54) is 11.3 Å². The lowest BCUT2D eigenvalue weighted by molar-refractivity contribution is 0.310. The molecule has 3 aromatic rings. The smallest absolute Gasteiger partial charge is 0.167 e. The van der Waals surface area contributed by atoms with Crippen molar-refractivity contribution in [3.8, 4) is 28.8 Å². The minimum Gasteiger partial charge on any atom is -0.492 e. The van der Waals surface area contributed by atoms with Gasteiger partial charge in [-0.3, -0.25) is 4.98 Å². The fourth-order valence-electron chi connectivity index (χ4n) is 2.48. The van der Waals surface area contributed by atoms with Gasteiger partial charge in [0.25, 0.3) is 0 Å². The van der Waals surface area contributed by atoms with Crippen molar-refractivity contribution in [2.75, 3.05) is 13.7 Å². The van der Waals surface area contributed by atoms with Crippen molar-refractivity contribution in [3.05, 3.63) is 58.7 Å². The number of thiazole rings is 1. The predicted octanol–water partition coefficient (Wildman–Crippen LogP) is 4.68.